The molecule has 11 heteroatoms. The average molecular weight is 509 g/mol. The Morgan fingerprint density at radius 1 is 1.00 bits per heavy atom. The molecule has 3 heterocycles. The smallest absolute Gasteiger partial charge is 0.360 e. The third-order valence-corrected chi connectivity index (χ3v) is 6.16. The number of nitrogens with zero attached hydrogens (tertiary/aromatic N) is 5. The number of anilines is 1. The Hall–Kier alpha value is -2.68. The van der Waals surface area contributed by atoms with Crippen molar-refractivity contribution >= 4 is 63.5 Å². The lowest BCUT2D eigenvalue weighted by molar-refractivity contribution is 0.0520. The van der Waals surface area contributed by atoms with E-state index >= 15 is 0 Å². The zero-order valence-corrected chi connectivity index (χ0v) is 20.0. The van der Waals surface area contributed by atoms with Gasteiger partial charge in [0.1, 0.15) is 5.15 Å². The van der Waals surface area contributed by atoms with Gasteiger partial charge in [-0.3, -0.25) is 4.79 Å². The van der Waals surface area contributed by atoms with Gasteiger partial charge < -0.3 is 14.5 Å². The fourth-order valence-electron chi connectivity index (χ4n) is 3.62. The van der Waals surface area contributed by atoms with Gasteiger partial charge in [-0.05, 0) is 37.6 Å². The minimum atomic E-state index is -0.572. The van der Waals surface area contributed by atoms with E-state index in [1.54, 1.807) is 36.1 Å². The summed E-state index contributed by atoms with van der Waals surface area (Å²) >= 11 is 18.1. The number of esters is 1. The monoisotopic (exact) mass is 507 g/mol. The maximum Gasteiger partial charge on any atom is 0.360 e. The van der Waals surface area contributed by atoms with Crippen LogP contribution in [0.1, 0.15) is 34.2 Å². The third-order valence-electron chi connectivity index (χ3n) is 5.21. The number of carbonyl (C=O) groups excluding carboxylic acids is 2. The van der Waals surface area contributed by atoms with Crippen LogP contribution in [0.4, 0.5) is 5.82 Å². The van der Waals surface area contributed by atoms with Gasteiger partial charge in [0.05, 0.1) is 33.2 Å². The lowest BCUT2D eigenvalue weighted by Gasteiger charge is -2.24. The topological polar surface area (TPSA) is 88.5 Å². The van der Waals surface area contributed by atoms with Crippen molar-refractivity contribution in [2.24, 2.45) is 0 Å². The quantitative estimate of drug-likeness (QED) is 0.378. The molecule has 1 saturated heterocycles. The van der Waals surface area contributed by atoms with Crippen molar-refractivity contribution in [2.45, 2.75) is 13.3 Å². The number of aromatic nitrogens is 3. The van der Waals surface area contributed by atoms with Gasteiger partial charge in [0.15, 0.2) is 11.5 Å². The fraction of sp³-hybridized carbons (Fsp3) is 0.318. The van der Waals surface area contributed by atoms with E-state index in [1.165, 1.54) is 6.20 Å². The highest BCUT2D eigenvalue weighted by molar-refractivity contribution is 6.42. The van der Waals surface area contributed by atoms with Crippen LogP contribution in [0.2, 0.25) is 15.2 Å². The van der Waals surface area contributed by atoms with Crippen molar-refractivity contribution in [1.82, 2.24) is 19.9 Å². The number of ether oxygens (including phenoxy) is 1. The van der Waals surface area contributed by atoms with Crippen LogP contribution in [0, 0.1) is 0 Å². The molecule has 8 nitrogen and oxygen atoms in total. The molecule has 0 bridgehead atoms. The van der Waals surface area contributed by atoms with Crippen molar-refractivity contribution in [1.29, 1.82) is 0 Å². The zero-order chi connectivity index (χ0) is 23.5. The first-order valence-corrected chi connectivity index (χ1v) is 11.5. The van der Waals surface area contributed by atoms with Crippen LogP contribution in [-0.2, 0) is 4.74 Å². The number of amides is 1. The molecule has 0 unspecified atom stereocenters. The predicted molar refractivity (Wildman–Crippen MR) is 127 cm³/mol. The maximum atomic E-state index is 12.9. The molecule has 0 saturated carbocycles. The molecule has 1 fully saturated rings. The number of fused-ring (bicyclic) bond motifs is 1. The van der Waals surface area contributed by atoms with Crippen LogP contribution in [0.5, 0.6) is 0 Å². The number of hydrogen-bond donors (Lipinski definition) is 0. The van der Waals surface area contributed by atoms with Gasteiger partial charge in [-0.2, -0.15) is 0 Å². The van der Waals surface area contributed by atoms with Crippen molar-refractivity contribution in [3.8, 4) is 0 Å². The van der Waals surface area contributed by atoms with E-state index in [4.69, 9.17) is 39.5 Å². The lowest BCUT2D eigenvalue weighted by Crippen LogP contribution is -2.36. The highest BCUT2D eigenvalue weighted by Crippen LogP contribution is 2.29. The minimum absolute atomic E-state index is 0.101. The molecule has 1 aliphatic rings. The molecule has 4 rings (SSSR count). The molecule has 1 amide bonds. The molecular formula is C22H20Cl3N5O3. The first kappa shape index (κ1) is 23.5. The highest BCUT2D eigenvalue weighted by atomic mass is 35.5. The molecule has 0 N–H and O–H groups in total. The Labute approximate surface area is 205 Å². The summed E-state index contributed by atoms with van der Waals surface area (Å²) in [6.07, 6.45) is 2.14. The molecule has 2 aromatic heterocycles. The summed E-state index contributed by atoms with van der Waals surface area (Å²) in [5, 5.41) is 0.996. The number of halogens is 3. The summed E-state index contributed by atoms with van der Waals surface area (Å²) in [6.45, 7) is 3.96. The molecule has 0 aliphatic carbocycles. The second kappa shape index (κ2) is 10.1. The van der Waals surface area contributed by atoms with E-state index in [2.05, 4.69) is 15.0 Å². The summed E-state index contributed by atoms with van der Waals surface area (Å²) < 4.78 is 5.21. The van der Waals surface area contributed by atoms with E-state index in [1.807, 2.05) is 4.90 Å². The van der Waals surface area contributed by atoms with Gasteiger partial charge in [-0.1, -0.05) is 34.8 Å². The van der Waals surface area contributed by atoms with E-state index < -0.39 is 5.97 Å². The van der Waals surface area contributed by atoms with Crippen LogP contribution in [-0.4, -0.2) is 64.5 Å². The second-order valence-corrected chi connectivity index (χ2v) is 8.58. The van der Waals surface area contributed by atoms with E-state index in [0.29, 0.717) is 70.2 Å². The lowest BCUT2D eigenvalue weighted by atomic mass is 10.2. The molecule has 0 spiro atoms. The Morgan fingerprint density at radius 3 is 2.39 bits per heavy atom. The Morgan fingerprint density at radius 2 is 1.73 bits per heavy atom. The zero-order valence-electron chi connectivity index (χ0n) is 17.7. The van der Waals surface area contributed by atoms with Gasteiger partial charge in [0.2, 0.25) is 0 Å². The molecule has 1 aromatic carbocycles. The van der Waals surface area contributed by atoms with E-state index in [9.17, 15) is 9.59 Å². The van der Waals surface area contributed by atoms with Gasteiger partial charge >= 0.3 is 5.97 Å². The number of carbonyl (C=O) groups is 2. The Bertz CT molecular complexity index is 1210. The van der Waals surface area contributed by atoms with Crippen LogP contribution in [0.3, 0.4) is 0 Å². The second-order valence-electron chi connectivity index (χ2n) is 7.37. The van der Waals surface area contributed by atoms with E-state index in [-0.39, 0.29) is 18.2 Å². The normalized spacial score (nSPS) is 14.3. The summed E-state index contributed by atoms with van der Waals surface area (Å²) in [6, 6.07) is 6.43. The number of pyridine rings is 1. The molecular weight excluding hydrogens is 489 g/mol. The van der Waals surface area contributed by atoms with Crippen LogP contribution < -0.4 is 4.90 Å². The number of benzene rings is 1. The van der Waals surface area contributed by atoms with Crippen molar-refractivity contribution < 1.29 is 14.3 Å². The summed E-state index contributed by atoms with van der Waals surface area (Å²) in [4.78, 5) is 42.4. The van der Waals surface area contributed by atoms with Gasteiger partial charge in [0.25, 0.3) is 5.91 Å². The summed E-state index contributed by atoms with van der Waals surface area (Å²) in [5.74, 6) is -0.308. The summed E-state index contributed by atoms with van der Waals surface area (Å²) in [5.41, 5.74) is 1.52. The number of rotatable bonds is 4. The predicted octanol–water partition coefficient (Wildman–Crippen LogP) is 4.51. The molecule has 3 aromatic rings. The molecule has 0 radical (unpaired) electrons. The Balaban J connectivity index is 1.64. The Kier molecular flexibility index (Phi) is 7.17. The number of hydrogen-bond acceptors (Lipinski definition) is 7. The van der Waals surface area contributed by atoms with Gasteiger partial charge in [0, 0.05) is 32.4 Å². The largest absolute Gasteiger partial charge is 0.461 e. The highest BCUT2D eigenvalue weighted by Gasteiger charge is 2.26. The van der Waals surface area contributed by atoms with Gasteiger partial charge in [-0.25, -0.2) is 19.7 Å². The molecule has 1 aliphatic heterocycles. The van der Waals surface area contributed by atoms with Crippen molar-refractivity contribution in [3.05, 3.63) is 56.9 Å². The van der Waals surface area contributed by atoms with Crippen LogP contribution in [0.25, 0.3) is 11.0 Å². The fourth-order valence-corrected chi connectivity index (χ4v) is 4.04. The minimum Gasteiger partial charge on any atom is -0.461 e. The first-order valence-electron chi connectivity index (χ1n) is 10.4. The van der Waals surface area contributed by atoms with E-state index in [0.717, 1.165) is 0 Å². The molecule has 172 valence electrons. The van der Waals surface area contributed by atoms with Gasteiger partial charge in [-0.15, -0.1) is 0 Å². The standard InChI is InChI=1S/C22H20Cl3N5O3/c1-2-33-22(32)19-20(28-17-11-15(24)14(23)10-16(17)27-19)29-6-3-7-30(9-8-29)21(31)13-4-5-18(25)26-12-13/h4-5,10-12H,2-3,6-9H2,1H3. The van der Waals surface area contributed by atoms with Crippen LogP contribution in [0.15, 0.2) is 30.5 Å². The first-order chi connectivity index (χ1) is 15.9. The molecule has 0 atom stereocenters. The average Bonchev–Trinajstić information content (AvgIpc) is 3.05. The summed E-state index contributed by atoms with van der Waals surface area (Å²) in [7, 11) is 0. The SMILES string of the molecule is CCOC(=O)c1nc2cc(Cl)c(Cl)cc2nc1N1CCCN(C(=O)c2ccc(Cl)nc2)CC1. The van der Waals surface area contributed by atoms with Crippen LogP contribution >= 0.6 is 34.8 Å². The maximum absolute atomic E-state index is 12.9. The third kappa shape index (κ3) is 5.13. The molecule has 33 heavy (non-hydrogen) atoms. The van der Waals surface area contributed by atoms with Crippen molar-refractivity contribution in [3.63, 3.8) is 0 Å². The van der Waals surface area contributed by atoms with Crippen molar-refractivity contribution in [2.75, 3.05) is 37.7 Å².